The van der Waals surface area contributed by atoms with Gasteiger partial charge in [0.25, 0.3) is 0 Å². The van der Waals surface area contributed by atoms with Crippen LogP contribution in [0.3, 0.4) is 0 Å². The van der Waals surface area contributed by atoms with Crippen LogP contribution in [0.1, 0.15) is 22.4 Å². The summed E-state index contributed by atoms with van der Waals surface area (Å²) in [6, 6.07) is 19.6. The molecule has 1 amide bonds. The number of nitrogens with zero attached hydrogens (tertiary/aromatic N) is 3. The van der Waals surface area contributed by atoms with E-state index in [2.05, 4.69) is 5.10 Å². The second-order valence-electron chi connectivity index (χ2n) is 6.74. The summed E-state index contributed by atoms with van der Waals surface area (Å²) in [5.41, 5.74) is 3.58. The van der Waals surface area contributed by atoms with Gasteiger partial charge in [0.05, 0.1) is 18.8 Å². The number of aliphatic hydroxyl groups is 1. The molecule has 0 fully saturated rings. The third-order valence-corrected chi connectivity index (χ3v) is 4.97. The Morgan fingerprint density at radius 2 is 1.72 bits per heavy atom. The van der Waals surface area contributed by atoms with Crippen molar-refractivity contribution in [2.45, 2.75) is 20.0 Å². The van der Waals surface area contributed by atoms with Crippen LogP contribution in [0.2, 0.25) is 5.15 Å². The van der Waals surface area contributed by atoms with Crippen LogP contribution in [0.25, 0.3) is 6.08 Å². The fraction of sp³-hybridized carbons (Fsp3) is 0.217. The van der Waals surface area contributed by atoms with E-state index in [9.17, 15) is 9.90 Å². The highest BCUT2D eigenvalue weighted by molar-refractivity contribution is 6.31. The first kappa shape index (κ1) is 20.8. The number of carbonyl (C=O) groups is 1. The number of amides is 1. The number of aryl methyl sites for hydroxylation is 1. The van der Waals surface area contributed by atoms with Crippen molar-refractivity contribution in [2.24, 2.45) is 0 Å². The number of rotatable bonds is 8. The molecule has 0 saturated carbocycles. The van der Waals surface area contributed by atoms with Crippen molar-refractivity contribution in [3.05, 3.63) is 94.3 Å². The zero-order valence-corrected chi connectivity index (χ0v) is 17.1. The molecule has 0 atom stereocenters. The minimum atomic E-state index is -0.186. The monoisotopic (exact) mass is 409 g/mol. The van der Waals surface area contributed by atoms with Gasteiger partial charge in [0.1, 0.15) is 5.15 Å². The number of halogens is 1. The maximum absolute atomic E-state index is 12.7. The van der Waals surface area contributed by atoms with Gasteiger partial charge in [-0.05, 0) is 24.1 Å². The normalized spacial score (nSPS) is 11.1. The SMILES string of the molecule is Cc1nn(Cc2ccccc2)c(Cl)c1/C=C/C(=O)N(CCO)Cc1ccccc1. The lowest BCUT2D eigenvalue weighted by molar-refractivity contribution is -0.127. The predicted octanol–water partition coefficient (Wildman–Crippen LogP) is 3.93. The number of hydrogen-bond acceptors (Lipinski definition) is 3. The standard InChI is InChI=1S/C23H24ClN3O2/c1-18-21(23(24)27(25-18)17-20-10-6-3-7-11-20)12-13-22(29)26(14-15-28)16-19-8-4-2-5-9-19/h2-13,28H,14-17H2,1H3/b13-12+. The zero-order valence-electron chi connectivity index (χ0n) is 16.3. The Bertz CT molecular complexity index is 969. The van der Waals surface area contributed by atoms with Gasteiger partial charge in [-0.15, -0.1) is 0 Å². The summed E-state index contributed by atoms with van der Waals surface area (Å²) < 4.78 is 1.73. The van der Waals surface area contributed by atoms with Crippen molar-refractivity contribution in [1.29, 1.82) is 0 Å². The maximum atomic E-state index is 12.7. The largest absolute Gasteiger partial charge is 0.395 e. The van der Waals surface area contributed by atoms with Crippen molar-refractivity contribution in [3.63, 3.8) is 0 Å². The van der Waals surface area contributed by atoms with Gasteiger partial charge in [-0.3, -0.25) is 4.79 Å². The highest BCUT2D eigenvalue weighted by Gasteiger charge is 2.14. The predicted molar refractivity (Wildman–Crippen MR) is 115 cm³/mol. The summed E-state index contributed by atoms with van der Waals surface area (Å²) in [5.74, 6) is -0.186. The molecule has 0 bridgehead atoms. The third-order valence-electron chi connectivity index (χ3n) is 4.57. The Hall–Kier alpha value is -2.89. The molecule has 3 aromatic rings. The average Bonchev–Trinajstić information content (AvgIpc) is 3.00. The molecule has 1 N–H and O–H groups in total. The Kier molecular flexibility index (Phi) is 7.22. The van der Waals surface area contributed by atoms with Crippen LogP contribution in [-0.2, 0) is 17.9 Å². The lowest BCUT2D eigenvalue weighted by Gasteiger charge is -2.20. The second-order valence-corrected chi connectivity index (χ2v) is 7.09. The van der Waals surface area contributed by atoms with Crippen LogP contribution in [0.15, 0.2) is 66.7 Å². The van der Waals surface area contributed by atoms with Gasteiger partial charge < -0.3 is 10.0 Å². The molecule has 2 aromatic carbocycles. The fourth-order valence-corrected chi connectivity index (χ4v) is 3.37. The molecule has 1 aromatic heterocycles. The molecular weight excluding hydrogens is 386 g/mol. The molecule has 0 aliphatic heterocycles. The molecule has 0 aliphatic rings. The molecular formula is C23H24ClN3O2. The molecule has 1 heterocycles. The smallest absolute Gasteiger partial charge is 0.246 e. The molecule has 3 rings (SSSR count). The summed E-state index contributed by atoms with van der Waals surface area (Å²) in [6.07, 6.45) is 3.19. The Balaban J connectivity index is 1.74. The van der Waals surface area contributed by atoms with E-state index in [-0.39, 0.29) is 19.1 Å². The topological polar surface area (TPSA) is 58.4 Å². The Morgan fingerprint density at radius 1 is 1.10 bits per heavy atom. The average molecular weight is 410 g/mol. The van der Waals surface area contributed by atoms with E-state index in [1.54, 1.807) is 15.7 Å². The minimum Gasteiger partial charge on any atom is -0.395 e. The van der Waals surface area contributed by atoms with Gasteiger partial charge >= 0.3 is 0 Å². The Morgan fingerprint density at radius 3 is 2.34 bits per heavy atom. The summed E-state index contributed by atoms with van der Waals surface area (Å²) in [4.78, 5) is 14.3. The van der Waals surface area contributed by atoms with Gasteiger partial charge in [0, 0.05) is 24.7 Å². The van der Waals surface area contributed by atoms with Crippen LogP contribution in [0, 0.1) is 6.92 Å². The molecule has 0 radical (unpaired) electrons. The van der Waals surface area contributed by atoms with Crippen molar-refractivity contribution in [3.8, 4) is 0 Å². The van der Waals surface area contributed by atoms with E-state index in [4.69, 9.17) is 11.6 Å². The number of carbonyl (C=O) groups excluding carboxylic acids is 1. The summed E-state index contributed by atoms with van der Waals surface area (Å²) >= 11 is 6.52. The molecule has 150 valence electrons. The molecule has 5 nitrogen and oxygen atoms in total. The van der Waals surface area contributed by atoms with Gasteiger partial charge in [-0.1, -0.05) is 72.3 Å². The molecule has 0 unspecified atom stereocenters. The molecule has 0 aliphatic carbocycles. The lowest BCUT2D eigenvalue weighted by Crippen LogP contribution is -2.31. The maximum Gasteiger partial charge on any atom is 0.246 e. The molecule has 29 heavy (non-hydrogen) atoms. The van der Waals surface area contributed by atoms with E-state index >= 15 is 0 Å². The van der Waals surface area contributed by atoms with E-state index in [1.807, 2.05) is 67.6 Å². The summed E-state index contributed by atoms with van der Waals surface area (Å²) in [7, 11) is 0. The first-order valence-corrected chi connectivity index (χ1v) is 9.85. The van der Waals surface area contributed by atoms with Gasteiger partial charge in [-0.2, -0.15) is 5.10 Å². The van der Waals surface area contributed by atoms with Crippen LogP contribution >= 0.6 is 11.6 Å². The third kappa shape index (κ3) is 5.56. The van der Waals surface area contributed by atoms with Crippen LogP contribution < -0.4 is 0 Å². The van der Waals surface area contributed by atoms with Crippen LogP contribution in [-0.4, -0.2) is 38.8 Å². The van der Waals surface area contributed by atoms with Crippen molar-refractivity contribution >= 4 is 23.6 Å². The zero-order chi connectivity index (χ0) is 20.6. The number of benzene rings is 2. The fourth-order valence-electron chi connectivity index (χ4n) is 3.07. The van der Waals surface area contributed by atoms with Gasteiger partial charge in [-0.25, -0.2) is 4.68 Å². The van der Waals surface area contributed by atoms with Gasteiger partial charge in [0.15, 0.2) is 0 Å². The second kappa shape index (κ2) is 10.0. The highest BCUT2D eigenvalue weighted by Crippen LogP contribution is 2.22. The molecule has 0 spiro atoms. The van der Waals surface area contributed by atoms with E-state index in [1.165, 1.54) is 6.08 Å². The van der Waals surface area contributed by atoms with Crippen molar-refractivity contribution in [2.75, 3.05) is 13.2 Å². The van der Waals surface area contributed by atoms with Crippen LogP contribution in [0.4, 0.5) is 0 Å². The summed E-state index contributed by atoms with van der Waals surface area (Å²) in [5, 5.41) is 14.3. The van der Waals surface area contributed by atoms with E-state index in [0.29, 0.717) is 18.2 Å². The van der Waals surface area contributed by atoms with E-state index in [0.717, 1.165) is 22.4 Å². The minimum absolute atomic E-state index is 0.0960. The highest BCUT2D eigenvalue weighted by atomic mass is 35.5. The lowest BCUT2D eigenvalue weighted by atomic mass is 10.2. The van der Waals surface area contributed by atoms with Crippen molar-refractivity contribution < 1.29 is 9.90 Å². The van der Waals surface area contributed by atoms with Gasteiger partial charge in [0.2, 0.25) is 5.91 Å². The van der Waals surface area contributed by atoms with Crippen molar-refractivity contribution in [1.82, 2.24) is 14.7 Å². The first-order valence-electron chi connectivity index (χ1n) is 9.47. The number of aromatic nitrogens is 2. The quantitative estimate of drug-likeness (QED) is 0.573. The van der Waals surface area contributed by atoms with E-state index < -0.39 is 0 Å². The first-order chi connectivity index (χ1) is 14.1. The Labute approximate surface area is 175 Å². The van der Waals surface area contributed by atoms with Crippen LogP contribution in [0.5, 0.6) is 0 Å². The molecule has 6 heteroatoms. The number of hydrogen-bond donors (Lipinski definition) is 1. The summed E-state index contributed by atoms with van der Waals surface area (Å²) in [6.45, 7) is 3.03. The number of aliphatic hydroxyl groups excluding tert-OH is 1. The molecule has 0 saturated heterocycles.